The van der Waals surface area contributed by atoms with Crippen LogP contribution in [-0.2, 0) is 11.2 Å². The number of fused-ring (bicyclic) bond motifs is 1. The highest BCUT2D eigenvalue weighted by molar-refractivity contribution is 6.35. The first-order chi connectivity index (χ1) is 8.00. The molecule has 0 spiro atoms. The van der Waals surface area contributed by atoms with E-state index in [-0.39, 0.29) is 12.3 Å². The molecule has 0 atom stereocenters. The van der Waals surface area contributed by atoms with Crippen LogP contribution in [0.2, 0.25) is 5.02 Å². The Labute approximate surface area is 102 Å². The molecule has 0 amide bonds. The summed E-state index contributed by atoms with van der Waals surface area (Å²) in [4.78, 5) is 22.2. The first-order valence-corrected chi connectivity index (χ1v) is 5.39. The van der Waals surface area contributed by atoms with Gasteiger partial charge in [-0.2, -0.15) is 0 Å². The number of aliphatic carboxylic acids is 1. The summed E-state index contributed by atoms with van der Waals surface area (Å²) in [5.74, 6) is -1.13. The molecular weight excluding hydrogens is 242 g/mol. The van der Waals surface area contributed by atoms with Crippen molar-refractivity contribution in [2.24, 2.45) is 0 Å². The molecule has 1 heterocycles. The molecule has 0 unspecified atom stereocenters. The first-order valence-electron chi connectivity index (χ1n) is 5.02. The normalized spacial score (nSPS) is 10.7. The zero-order valence-corrected chi connectivity index (χ0v) is 9.86. The summed E-state index contributed by atoms with van der Waals surface area (Å²) in [6.07, 6.45) is 1.41. The number of para-hydroxylation sites is 1. The van der Waals surface area contributed by atoms with Crippen molar-refractivity contribution in [3.63, 3.8) is 0 Å². The van der Waals surface area contributed by atoms with Crippen LogP contribution < -0.4 is 0 Å². The van der Waals surface area contributed by atoms with E-state index in [0.29, 0.717) is 21.5 Å². The molecule has 0 saturated heterocycles. The Hall–Kier alpha value is -1.81. The second-order valence-corrected chi connectivity index (χ2v) is 4.16. The maximum atomic E-state index is 11.5. The molecule has 17 heavy (non-hydrogen) atoms. The molecule has 1 aromatic heterocycles. The summed E-state index contributed by atoms with van der Waals surface area (Å²) >= 11 is 6.04. The smallest absolute Gasteiger partial charge is 0.307 e. The van der Waals surface area contributed by atoms with Crippen LogP contribution in [0.4, 0.5) is 0 Å². The first kappa shape index (κ1) is 11.7. The lowest BCUT2D eigenvalue weighted by atomic mass is 10.1. The van der Waals surface area contributed by atoms with Gasteiger partial charge in [-0.25, -0.2) is 0 Å². The Balaban J connectivity index is 2.75. The third-order valence-electron chi connectivity index (χ3n) is 2.54. The van der Waals surface area contributed by atoms with Gasteiger partial charge in [0, 0.05) is 18.5 Å². The van der Waals surface area contributed by atoms with E-state index in [1.165, 1.54) is 17.7 Å². The van der Waals surface area contributed by atoms with Crippen molar-refractivity contribution in [1.82, 2.24) is 4.57 Å². The second-order valence-electron chi connectivity index (χ2n) is 3.75. The van der Waals surface area contributed by atoms with Crippen LogP contribution in [0, 0.1) is 0 Å². The highest BCUT2D eigenvalue weighted by Crippen LogP contribution is 2.28. The average molecular weight is 252 g/mol. The summed E-state index contributed by atoms with van der Waals surface area (Å²) < 4.78 is 1.38. The molecule has 0 aliphatic carbocycles. The Kier molecular flexibility index (Phi) is 2.90. The lowest BCUT2D eigenvalue weighted by molar-refractivity contribution is -0.136. The highest BCUT2D eigenvalue weighted by atomic mass is 35.5. The van der Waals surface area contributed by atoms with Gasteiger partial charge in [-0.1, -0.05) is 23.7 Å². The fourth-order valence-electron chi connectivity index (χ4n) is 1.86. The van der Waals surface area contributed by atoms with Crippen molar-refractivity contribution in [1.29, 1.82) is 0 Å². The zero-order chi connectivity index (χ0) is 12.6. The van der Waals surface area contributed by atoms with Gasteiger partial charge in [0.15, 0.2) is 0 Å². The van der Waals surface area contributed by atoms with Crippen LogP contribution in [0.1, 0.15) is 17.3 Å². The molecule has 2 aromatic rings. The molecule has 1 N–H and O–H groups in total. The summed E-state index contributed by atoms with van der Waals surface area (Å²) in [6.45, 7) is 1.41. The SMILES string of the molecule is CC(=O)n1cc(CC(=O)O)c2cccc(Cl)c21. The van der Waals surface area contributed by atoms with E-state index in [9.17, 15) is 9.59 Å². The Morgan fingerprint density at radius 3 is 2.71 bits per heavy atom. The summed E-state index contributed by atoms with van der Waals surface area (Å²) in [5.41, 5.74) is 1.16. The van der Waals surface area contributed by atoms with Crippen molar-refractivity contribution < 1.29 is 14.7 Å². The van der Waals surface area contributed by atoms with Crippen LogP contribution in [-0.4, -0.2) is 21.6 Å². The maximum Gasteiger partial charge on any atom is 0.307 e. The topological polar surface area (TPSA) is 59.3 Å². The van der Waals surface area contributed by atoms with Crippen LogP contribution in [0.15, 0.2) is 24.4 Å². The Bertz CT molecular complexity index is 615. The Morgan fingerprint density at radius 2 is 2.12 bits per heavy atom. The predicted octanol–water partition coefficient (Wildman–Crippen LogP) is 2.58. The van der Waals surface area contributed by atoms with Crippen molar-refractivity contribution >= 4 is 34.4 Å². The fourth-order valence-corrected chi connectivity index (χ4v) is 2.13. The van der Waals surface area contributed by atoms with Gasteiger partial charge < -0.3 is 5.11 Å². The number of aromatic nitrogens is 1. The minimum atomic E-state index is -0.937. The molecule has 0 aliphatic heterocycles. The summed E-state index contributed by atoms with van der Waals surface area (Å²) in [5, 5.41) is 9.96. The molecule has 0 aliphatic rings. The number of carboxylic acid groups (broad SMARTS) is 1. The monoisotopic (exact) mass is 251 g/mol. The van der Waals surface area contributed by atoms with Gasteiger partial charge in [0.1, 0.15) is 0 Å². The number of carboxylic acids is 1. The van der Waals surface area contributed by atoms with E-state index in [1.807, 2.05) is 0 Å². The van der Waals surface area contributed by atoms with Crippen LogP contribution in [0.5, 0.6) is 0 Å². The van der Waals surface area contributed by atoms with Gasteiger partial charge in [0.05, 0.1) is 17.0 Å². The number of rotatable bonds is 2. The van der Waals surface area contributed by atoms with E-state index < -0.39 is 5.97 Å². The molecule has 0 fully saturated rings. The number of hydrogen-bond acceptors (Lipinski definition) is 2. The lowest BCUT2D eigenvalue weighted by Crippen LogP contribution is -2.04. The van der Waals surface area contributed by atoms with E-state index in [2.05, 4.69) is 0 Å². The summed E-state index contributed by atoms with van der Waals surface area (Å²) in [7, 11) is 0. The number of carbonyl (C=O) groups excluding carboxylic acids is 1. The standard InChI is InChI=1S/C12H10ClNO3/c1-7(15)14-6-8(5-11(16)17)9-3-2-4-10(13)12(9)14/h2-4,6H,5H2,1H3,(H,16,17). The molecular formula is C12H10ClNO3. The fraction of sp³-hybridized carbons (Fsp3) is 0.167. The number of hydrogen-bond donors (Lipinski definition) is 1. The van der Waals surface area contributed by atoms with Crippen molar-refractivity contribution in [3.05, 3.63) is 35.0 Å². The lowest BCUT2D eigenvalue weighted by Gasteiger charge is -2.00. The molecule has 5 heteroatoms. The third kappa shape index (κ3) is 2.03. The molecule has 0 saturated carbocycles. The van der Waals surface area contributed by atoms with Gasteiger partial charge in [-0.05, 0) is 11.6 Å². The van der Waals surface area contributed by atoms with E-state index in [0.717, 1.165) is 0 Å². The molecule has 88 valence electrons. The van der Waals surface area contributed by atoms with Gasteiger partial charge >= 0.3 is 5.97 Å². The summed E-state index contributed by atoms with van der Waals surface area (Å²) in [6, 6.07) is 5.17. The van der Waals surface area contributed by atoms with Gasteiger partial charge in [-0.15, -0.1) is 0 Å². The minimum Gasteiger partial charge on any atom is -0.481 e. The second kappa shape index (κ2) is 4.22. The van der Waals surface area contributed by atoms with Crippen molar-refractivity contribution in [2.75, 3.05) is 0 Å². The molecule has 4 nitrogen and oxygen atoms in total. The quantitative estimate of drug-likeness (QED) is 0.892. The molecule has 2 rings (SSSR count). The van der Waals surface area contributed by atoms with E-state index in [4.69, 9.17) is 16.7 Å². The van der Waals surface area contributed by atoms with E-state index >= 15 is 0 Å². The van der Waals surface area contributed by atoms with E-state index in [1.54, 1.807) is 18.2 Å². The van der Waals surface area contributed by atoms with Crippen molar-refractivity contribution in [3.8, 4) is 0 Å². The van der Waals surface area contributed by atoms with Crippen molar-refractivity contribution in [2.45, 2.75) is 13.3 Å². The number of nitrogens with zero attached hydrogens (tertiary/aromatic N) is 1. The maximum absolute atomic E-state index is 11.5. The minimum absolute atomic E-state index is 0.128. The number of carbonyl (C=O) groups is 2. The zero-order valence-electron chi connectivity index (χ0n) is 9.11. The average Bonchev–Trinajstić information content (AvgIpc) is 2.58. The number of benzene rings is 1. The largest absolute Gasteiger partial charge is 0.481 e. The Morgan fingerprint density at radius 1 is 1.41 bits per heavy atom. The van der Waals surface area contributed by atoms with Gasteiger partial charge in [0.25, 0.3) is 0 Å². The van der Waals surface area contributed by atoms with Crippen LogP contribution in [0.3, 0.4) is 0 Å². The van der Waals surface area contributed by atoms with Crippen LogP contribution in [0.25, 0.3) is 10.9 Å². The third-order valence-corrected chi connectivity index (χ3v) is 2.84. The molecule has 0 bridgehead atoms. The number of halogens is 1. The van der Waals surface area contributed by atoms with Gasteiger partial charge in [0.2, 0.25) is 5.91 Å². The molecule has 1 aromatic carbocycles. The van der Waals surface area contributed by atoms with Crippen LogP contribution >= 0.6 is 11.6 Å². The highest BCUT2D eigenvalue weighted by Gasteiger charge is 2.15. The van der Waals surface area contributed by atoms with Gasteiger partial charge in [-0.3, -0.25) is 14.2 Å². The molecule has 0 radical (unpaired) electrons. The predicted molar refractivity (Wildman–Crippen MR) is 64.6 cm³/mol.